The Balaban J connectivity index is 0.000000861. The molecule has 0 unspecified atom stereocenters. The van der Waals surface area contributed by atoms with Crippen LogP contribution in [0.2, 0.25) is 0 Å². The molecule has 106 valence electrons. The Morgan fingerprint density at radius 2 is 1.89 bits per heavy atom. The highest BCUT2D eigenvalue weighted by Crippen LogP contribution is 2.50. The van der Waals surface area contributed by atoms with Crippen LogP contribution in [0.3, 0.4) is 0 Å². The van der Waals surface area contributed by atoms with Crippen LogP contribution in [0.4, 0.5) is 4.79 Å². The third-order valence-electron chi connectivity index (χ3n) is 3.34. The van der Waals surface area contributed by atoms with Gasteiger partial charge in [0.1, 0.15) is 0 Å². The van der Waals surface area contributed by atoms with Gasteiger partial charge >= 0.3 is 6.16 Å². The first-order valence-corrected chi connectivity index (χ1v) is 6.56. The highest BCUT2D eigenvalue weighted by Gasteiger charge is 2.39. The van der Waals surface area contributed by atoms with Crippen molar-refractivity contribution in [2.24, 2.45) is 0 Å². The van der Waals surface area contributed by atoms with Crippen molar-refractivity contribution in [3.8, 4) is 11.5 Å². The van der Waals surface area contributed by atoms with Crippen LogP contribution in [0.25, 0.3) is 0 Å². The SMILES string of the molecule is CC.COc1c(C)cc(C2(C)CC2)cc1OC(=O)O. The number of benzene rings is 1. The van der Waals surface area contributed by atoms with E-state index in [0.717, 1.165) is 24.0 Å². The molecule has 1 aliphatic rings. The van der Waals surface area contributed by atoms with E-state index in [9.17, 15) is 4.79 Å². The maximum Gasteiger partial charge on any atom is 0.511 e. The molecule has 1 fully saturated rings. The standard InChI is InChI=1S/C13H16O4.C2H6/c1-8-6-9(13(2)4-5-13)7-10(11(8)16-3)17-12(14)15;1-2/h6-7H,4-5H2,1-3H3,(H,14,15);1-2H3. The quantitative estimate of drug-likeness (QED) is 0.660. The molecule has 0 amide bonds. The summed E-state index contributed by atoms with van der Waals surface area (Å²) in [6.07, 6.45) is 0.942. The fraction of sp³-hybridized carbons (Fsp3) is 0.533. The van der Waals surface area contributed by atoms with Crippen molar-refractivity contribution in [3.05, 3.63) is 23.3 Å². The molecule has 1 aromatic carbocycles. The van der Waals surface area contributed by atoms with Gasteiger partial charge in [-0.25, -0.2) is 4.79 Å². The van der Waals surface area contributed by atoms with E-state index in [1.54, 1.807) is 6.07 Å². The summed E-state index contributed by atoms with van der Waals surface area (Å²) in [5.41, 5.74) is 2.19. The second kappa shape index (κ2) is 5.95. The van der Waals surface area contributed by atoms with Gasteiger partial charge < -0.3 is 14.6 Å². The summed E-state index contributed by atoms with van der Waals surface area (Å²) in [6, 6.07) is 3.81. The molecule has 0 heterocycles. The van der Waals surface area contributed by atoms with Gasteiger partial charge in [0, 0.05) is 0 Å². The van der Waals surface area contributed by atoms with E-state index in [0.29, 0.717) is 5.75 Å². The minimum absolute atomic E-state index is 0.174. The van der Waals surface area contributed by atoms with E-state index in [1.165, 1.54) is 7.11 Å². The fourth-order valence-corrected chi connectivity index (χ4v) is 2.00. The Labute approximate surface area is 114 Å². The molecule has 4 nitrogen and oxygen atoms in total. The number of hydrogen-bond acceptors (Lipinski definition) is 3. The first-order chi connectivity index (χ1) is 8.96. The van der Waals surface area contributed by atoms with E-state index in [4.69, 9.17) is 14.6 Å². The topological polar surface area (TPSA) is 55.8 Å². The maximum atomic E-state index is 10.6. The summed E-state index contributed by atoms with van der Waals surface area (Å²) in [5.74, 6) is 0.767. The molecule has 0 bridgehead atoms. The number of carbonyl (C=O) groups is 1. The van der Waals surface area contributed by atoms with Crippen molar-refractivity contribution < 1.29 is 19.4 Å². The van der Waals surface area contributed by atoms with E-state index in [1.807, 2.05) is 26.8 Å². The van der Waals surface area contributed by atoms with Gasteiger partial charge in [-0.1, -0.05) is 26.8 Å². The number of aryl methyl sites for hydroxylation is 1. The van der Waals surface area contributed by atoms with Crippen LogP contribution in [0, 0.1) is 6.92 Å². The molecule has 1 N–H and O–H groups in total. The number of rotatable bonds is 3. The van der Waals surface area contributed by atoms with Gasteiger partial charge in [0.05, 0.1) is 7.11 Å². The first-order valence-electron chi connectivity index (χ1n) is 6.56. The number of carboxylic acid groups (broad SMARTS) is 1. The summed E-state index contributed by atoms with van der Waals surface area (Å²) in [6.45, 7) is 8.06. The molecule has 2 rings (SSSR count). The molecule has 1 saturated carbocycles. The molecule has 19 heavy (non-hydrogen) atoms. The Morgan fingerprint density at radius 1 is 1.32 bits per heavy atom. The smallest absolute Gasteiger partial charge is 0.493 e. The van der Waals surface area contributed by atoms with Crippen LogP contribution in [0.15, 0.2) is 12.1 Å². The van der Waals surface area contributed by atoms with Gasteiger partial charge in [-0.2, -0.15) is 0 Å². The third kappa shape index (κ3) is 3.40. The van der Waals surface area contributed by atoms with Crippen LogP contribution < -0.4 is 9.47 Å². The van der Waals surface area contributed by atoms with Gasteiger partial charge in [-0.3, -0.25) is 0 Å². The summed E-state index contributed by atoms with van der Waals surface area (Å²) in [7, 11) is 1.51. The van der Waals surface area contributed by atoms with Crippen molar-refractivity contribution in [1.82, 2.24) is 0 Å². The predicted molar refractivity (Wildman–Crippen MR) is 74.3 cm³/mol. The number of hydrogen-bond donors (Lipinski definition) is 1. The van der Waals surface area contributed by atoms with Gasteiger partial charge in [-0.15, -0.1) is 0 Å². The van der Waals surface area contributed by atoms with Gasteiger partial charge in [0.2, 0.25) is 0 Å². The molecular formula is C15H22O4. The van der Waals surface area contributed by atoms with Crippen molar-refractivity contribution in [2.45, 2.75) is 46.0 Å². The van der Waals surface area contributed by atoms with Crippen LogP contribution in [-0.2, 0) is 5.41 Å². The molecule has 0 radical (unpaired) electrons. The molecule has 1 aliphatic carbocycles. The van der Waals surface area contributed by atoms with E-state index >= 15 is 0 Å². The molecule has 4 heteroatoms. The lowest BCUT2D eigenvalue weighted by atomic mass is 9.96. The van der Waals surface area contributed by atoms with Crippen LogP contribution in [-0.4, -0.2) is 18.4 Å². The highest BCUT2D eigenvalue weighted by molar-refractivity contribution is 5.64. The van der Waals surface area contributed by atoms with Crippen molar-refractivity contribution in [1.29, 1.82) is 0 Å². The molecule has 0 saturated heterocycles. The summed E-state index contributed by atoms with van der Waals surface area (Å²) >= 11 is 0. The Morgan fingerprint density at radius 3 is 2.32 bits per heavy atom. The minimum Gasteiger partial charge on any atom is -0.493 e. The lowest BCUT2D eigenvalue weighted by Gasteiger charge is -2.15. The van der Waals surface area contributed by atoms with E-state index in [-0.39, 0.29) is 11.2 Å². The molecule has 0 spiro atoms. The molecule has 0 aliphatic heterocycles. The van der Waals surface area contributed by atoms with Gasteiger partial charge in [0.15, 0.2) is 11.5 Å². The van der Waals surface area contributed by atoms with Crippen LogP contribution in [0.5, 0.6) is 11.5 Å². The van der Waals surface area contributed by atoms with E-state index in [2.05, 4.69) is 6.92 Å². The lowest BCUT2D eigenvalue weighted by molar-refractivity contribution is 0.142. The predicted octanol–water partition coefficient (Wildman–Crippen LogP) is 4.14. The molecule has 0 atom stereocenters. The second-order valence-electron chi connectivity index (χ2n) is 4.75. The van der Waals surface area contributed by atoms with Crippen molar-refractivity contribution >= 4 is 6.16 Å². The zero-order chi connectivity index (χ0) is 14.6. The monoisotopic (exact) mass is 266 g/mol. The zero-order valence-electron chi connectivity index (χ0n) is 12.2. The Hall–Kier alpha value is -1.71. The number of methoxy groups -OCH3 is 1. The van der Waals surface area contributed by atoms with Crippen LogP contribution in [0.1, 0.15) is 44.7 Å². The first kappa shape index (κ1) is 15.3. The van der Waals surface area contributed by atoms with Crippen molar-refractivity contribution in [2.75, 3.05) is 7.11 Å². The Bertz CT molecular complexity index is 461. The normalized spacial score (nSPS) is 15.0. The molecular weight excluding hydrogens is 244 g/mol. The summed E-state index contributed by atoms with van der Waals surface area (Å²) in [5, 5.41) is 8.71. The van der Waals surface area contributed by atoms with E-state index < -0.39 is 6.16 Å². The summed E-state index contributed by atoms with van der Waals surface area (Å²) < 4.78 is 9.95. The molecule has 1 aromatic rings. The van der Waals surface area contributed by atoms with Crippen LogP contribution >= 0.6 is 0 Å². The maximum absolute atomic E-state index is 10.6. The fourth-order valence-electron chi connectivity index (χ4n) is 2.00. The minimum atomic E-state index is -1.32. The number of ether oxygens (including phenoxy) is 2. The molecule has 0 aromatic heterocycles. The average molecular weight is 266 g/mol. The van der Waals surface area contributed by atoms with Gasteiger partial charge in [-0.05, 0) is 42.4 Å². The lowest BCUT2D eigenvalue weighted by Crippen LogP contribution is -2.08. The zero-order valence-corrected chi connectivity index (χ0v) is 12.2. The van der Waals surface area contributed by atoms with Crippen molar-refractivity contribution in [3.63, 3.8) is 0 Å². The third-order valence-corrected chi connectivity index (χ3v) is 3.34. The highest BCUT2D eigenvalue weighted by atomic mass is 16.7. The second-order valence-corrected chi connectivity index (χ2v) is 4.75. The average Bonchev–Trinajstić information content (AvgIpc) is 3.10. The Kier molecular flexibility index (Phi) is 4.81. The van der Waals surface area contributed by atoms with Gasteiger partial charge in [0.25, 0.3) is 0 Å². The largest absolute Gasteiger partial charge is 0.511 e. The summed E-state index contributed by atoms with van der Waals surface area (Å²) in [4.78, 5) is 10.6.